The van der Waals surface area contributed by atoms with Crippen LogP contribution in [0.2, 0.25) is 10.0 Å². The van der Waals surface area contributed by atoms with Crippen LogP contribution in [0.3, 0.4) is 0 Å². The van der Waals surface area contributed by atoms with E-state index < -0.39 is 0 Å². The number of nitrogens with zero attached hydrogens (tertiary/aromatic N) is 2. The second-order valence-electron chi connectivity index (χ2n) is 7.49. The van der Waals surface area contributed by atoms with E-state index in [0.717, 1.165) is 48.7 Å². The standard InChI is InChI=1S/C24H23Cl2N3O/c1-28-12-14-29(15-13-28)23-16-21(10-11-22(23)26)27-24(30)19-4-2-17(3-5-19)18-6-8-20(25)9-7-18/h2-11,16H,12-15H2,1H3,(H,27,30). The van der Waals surface area contributed by atoms with Crippen molar-refractivity contribution >= 4 is 40.5 Å². The molecule has 1 N–H and O–H groups in total. The summed E-state index contributed by atoms with van der Waals surface area (Å²) in [7, 11) is 2.12. The van der Waals surface area contributed by atoms with Crippen LogP contribution in [-0.4, -0.2) is 44.0 Å². The molecule has 0 aromatic heterocycles. The molecule has 1 aliphatic rings. The van der Waals surface area contributed by atoms with Gasteiger partial charge in [-0.15, -0.1) is 0 Å². The second-order valence-corrected chi connectivity index (χ2v) is 8.34. The van der Waals surface area contributed by atoms with Crippen LogP contribution in [0.25, 0.3) is 11.1 Å². The van der Waals surface area contributed by atoms with Gasteiger partial charge in [0.05, 0.1) is 10.7 Å². The lowest BCUT2D eigenvalue weighted by Gasteiger charge is -2.34. The van der Waals surface area contributed by atoms with Crippen LogP contribution in [0.5, 0.6) is 0 Å². The number of benzene rings is 3. The number of hydrogen-bond acceptors (Lipinski definition) is 3. The zero-order valence-electron chi connectivity index (χ0n) is 16.7. The second kappa shape index (κ2) is 9.09. The first-order valence-electron chi connectivity index (χ1n) is 9.90. The Morgan fingerprint density at radius 3 is 2.07 bits per heavy atom. The molecular formula is C24H23Cl2N3O. The lowest BCUT2D eigenvalue weighted by atomic mass is 10.0. The van der Waals surface area contributed by atoms with Gasteiger partial charge in [-0.3, -0.25) is 4.79 Å². The van der Waals surface area contributed by atoms with Crippen molar-refractivity contribution in [3.05, 3.63) is 82.3 Å². The van der Waals surface area contributed by atoms with Gasteiger partial charge in [-0.25, -0.2) is 0 Å². The zero-order valence-corrected chi connectivity index (χ0v) is 18.2. The molecule has 3 aromatic carbocycles. The minimum Gasteiger partial charge on any atom is -0.368 e. The summed E-state index contributed by atoms with van der Waals surface area (Å²) in [5, 5.41) is 4.39. The van der Waals surface area contributed by atoms with Crippen molar-refractivity contribution in [2.75, 3.05) is 43.4 Å². The summed E-state index contributed by atoms with van der Waals surface area (Å²) >= 11 is 12.4. The number of anilines is 2. The van der Waals surface area contributed by atoms with Crippen molar-refractivity contribution in [1.82, 2.24) is 4.90 Å². The van der Waals surface area contributed by atoms with Gasteiger partial charge in [-0.2, -0.15) is 0 Å². The fraction of sp³-hybridized carbons (Fsp3) is 0.208. The van der Waals surface area contributed by atoms with Crippen molar-refractivity contribution in [3.63, 3.8) is 0 Å². The monoisotopic (exact) mass is 439 g/mol. The molecule has 154 valence electrons. The first-order valence-corrected chi connectivity index (χ1v) is 10.7. The van der Waals surface area contributed by atoms with Crippen LogP contribution in [0.4, 0.5) is 11.4 Å². The summed E-state index contributed by atoms with van der Waals surface area (Å²) in [6, 6.07) is 20.8. The van der Waals surface area contributed by atoms with E-state index in [1.807, 2.05) is 66.7 Å². The number of halogens is 2. The molecule has 6 heteroatoms. The van der Waals surface area contributed by atoms with E-state index in [9.17, 15) is 4.79 Å². The Hall–Kier alpha value is -2.53. The summed E-state index contributed by atoms with van der Waals surface area (Å²) in [6.45, 7) is 3.82. The average Bonchev–Trinajstić information content (AvgIpc) is 2.76. The Bertz CT molecular complexity index is 1030. The lowest BCUT2D eigenvalue weighted by molar-refractivity contribution is 0.102. The van der Waals surface area contributed by atoms with Gasteiger partial charge in [-0.05, 0) is 60.6 Å². The van der Waals surface area contributed by atoms with Gasteiger partial charge in [0.2, 0.25) is 0 Å². The van der Waals surface area contributed by atoms with E-state index in [1.54, 1.807) is 0 Å². The van der Waals surface area contributed by atoms with Crippen molar-refractivity contribution in [2.24, 2.45) is 0 Å². The van der Waals surface area contributed by atoms with E-state index in [0.29, 0.717) is 15.6 Å². The van der Waals surface area contributed by atoms with Gasteiger partial charge < -0.3 is 15.1 Å². The fourth-order valence-corrected chi connectivity index (χ4v) is 3.90. The molecule has 1 fully saturated rings. The van der Waals surface area contributed by atoms with Crippen LogP contribution in [-0.2, 0) is 0 Å². The minimum atomic E-state index is -0.149. The third-order valence-corrected chi connectivity index (χ3v) is 5.94. The summed E-state index contributed by atoms with van der Waals surface area (Å²) in [6.07, 6.45) is 0. The quantitative estimate of drug-likeness (QED) is 0.568. The molecule has 4 nitrogen and oxygen atoms in total. The Labute approximate surface area is 187 Å². The third-order valence-electron chi connectivity index (χ3n) is 5.37. The highest BCUT2D eigenvalue weighted by Gasteiger charge is 2.17. The van der Waals surface area contributed by atoms with Crippen LogP contribution in [0.1, 0.15) is 10.4 Å². The highest BCUT2D eigenvalue weighted by molar-refractivity contribution is 6.33. The van der Waals surface area contributed by atoms with Crippen LogP contribution < -0.4 is 10.2 Å². The van der Waals surface area contributed by atoms with Crippen LogP contribution in [0, 0.1) is 0 Å². The number of likely N-dealkylation sites (N-methyl/N-ethyl adjacent to an activating group) is 1. The average molecular weight is 440 g/mol. The highest BCUT2D eigenvalue weighted by atomic mass is 35.5. The van der Waals surface area contributed by atoms with Gasteiger partial charge in [0.25, 0.3) is 5.91 Å². The number of hydrogen-bond donors (Lipinski definition) is 1. The van der Waals surface area contributed by atoms with Gasteiger partial charge in [-0.1, -0.05) is 47.5 Å². The maximum absolute atomic E-state index is 12.7. The first-order chi connectivity index (χ1) is 14.5. The van der Waals surface area contributed by atoms with Crippen molar-refractivity contribution in [3.8, 4) is 11.1 Å². The number of amides is 1. The number of rotatable bonds is 4. The third kappa shape index (κ3) is 4.78. The Morgan fingerprint density at radius 1 is 0.833 bits per heavy atom. The predicted molar refractivity (Wildman–Crippen MR) is 126 cm³/mol. The SMILES string of the molecule is CN1CCN(c2cc(NC(=O)c3ccc(-c4ccc(Cl)cc4)cc3)ccc2Cl)CC1. The number of carbonyl (C=O) groups is 1. The van der Waals surface area contributed by atoms with Gasteiger partial charge >= 0.3 is 0 Å². The van der Waals surface area contributed by atoms with Crippen molar-refractivity contribution < 1.29 is 4.79 Å². The molecule has 0 saturated carbocycles. The van der Waals surface area contributed by atoms with Crippen LogP contribution in [0.15, 0.2) is 66.7 Å². The molecule has 1 heterocycles. The van der Waals surface area contributed by atoms with Crippen LogP contribution >= 0.6 is 23.2 Å². The first kappa shape index (κ1) is 20.7. The molecule has 0 spiro atoms. The summed E-state index contributed by atoms with van der Waals surface area (Å²) in [5.41, 5.74) is 4.39. The molecule has 1 saturated heterocycles. The largest absolute Gasteiger partial charge is 0.368 e. The van der Waals surface area contributed by atoms with Crippen molar-refractivity contribution in [1.29, 1.82) is 0 Å². The van der Waals surface area contributed by atoms with Gasteiger partial charge in [0.15, 0.2) is 0 Å². The number of nitrogens with one attached hydrogen (secondary N) is 1. The zero-order chi connectivity index (χ0) is 21.1. The van der Waals surface area contributed by atoms with E-state index in [2.05, 4.69) is 22.2 Å². The van der Waals surface area contributed by atoms with E-state index in [4.69, 9.17) is 23.2 Å². The Kier molecular flexibility index (Phi) is 6.28. The maximum Gasteiger partial charge on any atom is 0.255 e. The maximum atomic E-state index is 12.7. The molecule has 0 bridgehead atoms. The molecule has 1 aliphatic heterocycles. The number of piperazine rings is 1. The van der Waals surface area contributed by atoms with Gasteiger partial charge in [0, 0.05) is 42.5 Å². The van der Waals surface area contributed by atoms with Crippen molar-refractivity contribution in [2.45, 2.75) is 0 Å². The summed E-state index contributed by atoms with van der Waals surface area (Å²) in [4.78, 5) is 17.3. The molecule has 30 heavy (non-hydrogen) atoms. The fourth-order valence-electron chi connectivity index (χ4n) is 3.54. The molecule has 4 rings (SSSR count). The van der Waals surface area contributed by atoms with Gasteiger partial charge in [0.1, 0.15) is 0 Å². The normalized spacial score (nSPS) is 14.6. The molecule has 0 radical (unpaired) electrons. The molecular weight excluding hydrogens is 417 g/mol. The van der Waals surface area contributed by atoms with E-state index in [1.165, 1.54) is 0 Å². The summed E-state index contributed by atoms with van der Waals surface area (Å²) in [5.74, 6) is -0.149. The molecule has 3 aromatic rings. The Morgan fingerprint density at radius 2 is 1.43 bits per heavy atom. The predicted octanol–water partition coefficient (Wildman–Crippen LogP) is 5.66. The molecule has 0 aliphatic carbocycles. The smallest absolute Gasteiger partial charge is 0.255 e. The molecule has 1 amide bonds. The minimum absolute atomic E-state index is 0.149. The van der Waals surface area contributed by atoms with E-state index >= 15 is 0 Å². The topological polar surface area (TPSA) is 35.6 Å². The summed E-state index contributed by atoms with van der Waals surface area (Å²) < 4.78 is 0. The molecule has 0 unspecified atom stereocenters. The molecule has 0 atom stereocenters. The van der Waals surface area contributed by atoms with E-state index in [-0.39, 0.29) is 5.91 Å². The number of carbonyl (C=O) groups excluding carboxylic acids is 1. The highest BCUT2D eigenvalue weighted by Crippen LogP contribution is 2.30. The lowest BCUT2D eigenvalue weighted by Crippen LogP contribution is -2.44. The Balaban J connectivity index is 1.47.